The Hall–Kier alpha value is -2.19. The van der Waals surface area contributed by atoms with Crippen LogP contribution in [0.4, 0.5) is 0 Å². The third-order valence-corrected chi connectivity index (χ3v) is 5.82. The zero-order valence-electron chi connectivity index (χ0n) is 15.1. The van der Waals surface area contributed by atoms with Crippen LogP contribution in [-0.4, -0.2) is 41.2 Å². The molecule has 2 heterocycles. The summed E-state index contributed by atoms with van der Waals surface area (Å²) in [5.41, 5.74) is 3.28. The number of benzene rings is 1. The van der Waals surface area contributed by atoms with Gasteiger partial charge in [0.2, 0.25) is 10.0 Å². The smallest absolute Gasteiger partial charge is 0.251 e. The SMILES string of the molecule is CCc1ccccc1C(=O)NCc1cc2n(n1)CCCN(S(C)(=O)=O)C2. The molecule has 0 saturated carbocycles. The fourth-order valence-electron chi connectivity index (χ4n) is 3.18. The Bertz CT molecular complexity index is 905. The second-order valence-electron chi connectivity index (χ2n) is 6.49. The minimum atomic E-state index is -3.23. The van der Waals surface area contributed by atoms with Crippen molar-refractivity contribution >= 4 is 15.9 Å². The fraction of sp³-hybridized carbons (Fsp3) is 0.444. The molecule has 0 aliphatic carbocycles. The summed E-state index contributed by atoms with van der Waals surface area (Å²) in [5, 5.41) is 7.43. The standard InChI is InChI=1S/C18H24N4O3S/c1-3-14-7-4-5-8-17(14)18(23)19-12-15-11-16-13-21(26(2,24)25)9-6-10-22(16)20-15/h4-5,7-8,11H,3,6,9-10,12-13H2,1-2H3,(H,19,23). The third-order valence-electron chi connectivity index (χ3n) is 4.57. The van der Waals surface area contributed by atoms with Gasteiger partial charge in [-0.25, -0.2) is 8.42 Å². The average molecular weight is 376 g/mol. The minimum Gasteiger partial charge on any atom is -0.346 e. The maximum absolute atomic E-state index is 12.4. The van der Waals surface area contributed by atoms with Crippen molar-refractivity contribution in [2.45, 2.75) is 39.4 Å². The number of nitrogens with one attached hydrogen (secondary N) is 1. The van der Waals surface area contributed by atoms with E-state index < -0.39 is 10.0 Å². The van der Waals surface area contributed by atoms with Gasteiger partial charge >= 0.3 is 0 Å². The topological polar surface area (TPSA) is 84.3 Å². The Morgan fingerprint density at radius 1 is 1.27 bits per heavy atom. The van der Waals surface area contributed by atoms with Crippen molar-refractivity contribution in [3.8, 4) is 0 Å². The number of carbonyl (C=O) groups excluding carboxylic acids is 1. The Morgan fingerprint density at radius 2 is 2.04 bits per heavy atom. The molecule has 1 aromatic heterocycles. The lowest BCUT2D eigenvalue weighted by molar-refractivity contribution is 0.0949. The van der Waals surface area contributed by atoms with Crippen molar-refractivity contribution in [2.24, 2.45) is 0 Å². The quantitative estimate of drug-likeness (QED) is 0.858. The maximum atomic E-state index is 12.4. The summed E-state index contributed by atoms with van der Waals surface area (Å²) in [7, 11) is -3.23. The highest BCUT2D eigenvalue weighted by Gasteiger charge is 2.23. The number of fused-ring (bicyclic) bond motifs is 1. The van der Waals surface area contributed by atoms with E-state index in [1.54, 1.807) is 0 Å². The summed E-state index contributed by atoms with van der Waals surface area (Å²) in [6.45, 7) is 3.83. The number of sulfonamides is 1. The molecule has 0 saturated heterocycles. The van der Waals surface area contributed by atoms with Gasteiger partial charge in [0.25, 0.3) is 5.91 Å². The summed E-state index contributed by atoms with van der Waals surface area (Å²) < 4.78 is 27.0. The molecule has 0 fully saturated rings. The zero-order chi connectivity index (χ0) is 18.7. The largest absolute Gasteiger partial charge is 0.346 e. The maximum Gasteiger partial charge on any atom is 0.251 e. The molecule has 0 radical (unpaired) electrons. The van der Waals surface area contributed by atoms with Crippen LogP contribution in [0.2, 0.25) is 0 Å². The van der Waals surface area contributed by atoms with Gasteiger partial charge in [-0.05, 0) is 30.5 Å². The fourth-order valence-corrected chi connectivity index (χ4v) is 4.01. The van der Waals surface area contributed by atoms with E-state index in [-0.39, 0.29) is 5.91 Å². The van der Waals surface area contributed by atoms with Crippen LogP contribution in [0.1, 0.15) is 40.7 Å². The number of nitrogens with zero attached hydrogens (tertiary/aromatic N) is 3. The molecule has 1 N–H and O–H groups in total. The predicted molar refractivity (Wildman–Crippen MR) is 99.1 cm³/mol. The number of aryl methyl sites for hydroxylation is 2. The number of hydrogen-bond donors (Lipinski definition) is 1. The average Bonchev–Trinajstić information content (AvgIpc) is 2.88. The Balaban J connectivity index is 1.70. The third kappa shape index (κ3) is 4.13. The highest BCUT2D eigenvalue weighted by atomic mass is 32.2. The van der Waals surface area contributed by atoms with Gasteiger partial charge in [0.05, 0.1) is 30.7 Å². The van der Waals surface area contributed by atoms with Crippen molar-refractivity contribution < 1.29 is 13.2 Å². The van der Waals surface area contributed by atoms with Crippen LogP contribution in [-0.2, 0) is 36.1 Å². The van der Waals surface area contributed by atoms with Crippen molar-refractivity contribution in [1.82, 2.24) is 19.4 Å². The molecule has 140 valence electrons. The first-order valence-electron chi connectivity index (χ1n) is 8.75. The Labute approximate surface area is 154 Å². The van der Waals surface area contributed by atoms with Crippen LogP contribution in [0.3, 0.4) is 0 Å². The highest BCUT2D eigenvalue weighted by molar-refractivity contribution is 7.88. The van der Waals surface area contributed by atoms with Crippen molar-refractivity contribution in [3.05, 3.63) is 52.8 Å². The van der Waals surface area contributed by atoms with Crippen LogP contribution >= 0.6 is 0 Å². The van der Waals surface area contributed by atoms with E-state index in [9.17, 15) is 13.2 Å². The first-order chi connectivity index (χ1) is 12.4. The number of amides is 1. The molecule has 0 bridgehead atoms. The van der Waals surface area contributed by atoms with Gasteiger partial charge in [0.15, 0.2) is 0 Å². The van der Waals surface area contributed by atoms with Crippen LogP contribution in [0, 0.1) is 0 Å². The lowest BCUT2D eigenvalue weighted by Crippen LogP contribution is -2.29. The van der Waals surface area contributed by atoms with E-state index in [4.69, 9.17) is 0 Å². The van der Waals surface area contributed by atoms with Gasteiger partial charge < -0.3 is 5.32 Å². The number of aromatic nitrogens is 2. The van der Waals surface area contributed by atoms with Gasteiger partial charge in [-0.3, -0.25) is 9.48 Å². The zero-order valence-corrected chi connectivity index (χ0v) is 15.9. The monoisotopic (exact) mass is 376 g/mol. The van der Waals surface area contributed by atoms with Gasteiger partial charge in [0.1, 0.15) is 0 Å². The summed E-state index contributed by atoms with van der Waals surface area (Å²) >= 11 is 0. The normalized spacial score (nSPS) is 15.3. The molecule has 0 atom stereocenters. The lowest BCUT2D eigenvalue weighted by Gasteiger charge is -2.16. The molecule has 2 aromatic rings. The molecule has 1 amide bonds. The Morgan fingerprint density at radius 3 is 2.77 bits per heavy atom. The van der Waals surface area contributed by atoms with Crippen molar-refractivity contribution in [1.29, 1.82) is 0 Å². The van der Waals surface area contributed by atoms with E-state index in [2.05, 4.69) is 10.4 Å². The molecule has 8 heteroatoms. The van der Waals surface area contributed by atoms with Crippen LogP contribution in [0.25, 0.3) is 0 Å². The lowest BCUT2D eigenvalue weighted by atomic mass is 10.0. The van der Waals surface area contributed by atoms with Crippen molar-refractivity contribution in [2.75, 3.05) is 12.8 Å². The number of hydrogen-bond acceptors (Lipinski definition) is 4. The van der Waals surface area contributed by atoms with Gasteiger partial charge in [-0.1, -0.05) is 25.1 Å². The summed E-state index contributed by atoms with van der Waals surface area (Å²) in [6.07, 6.45) is 2.74. The van der Waals surface area contributed by atoms with Crippen LogP contribution in [0.5, 0.6) is 0 Å². The van der Waals surface area contributed by atoms with E-state index >= 15 is 0 Å². The van der Waals surface area contributed by atoms with E-state index in [0.717, 1.165) is 29.8 Å². The molecule has 26 heavy (non-hydrogen) atoms. The molecule has 0 spiro atoms. The first kappa shape index (κ1) is 18.6. The van der Waals surface area contributed by atoms with E-state index in [0.29, 0.717) is 31.7 Å². The van der Waals surface area contributed by atoms with Crippen LogP contribution < -0.4 is 5.32 Å². The molecule has 0 unspecified atom stereocenters. The van der Waals surface area contributed by atoms with Gasteiger partial charge in [-0.2, -0.15) is 9.40 Å². The molecule has 1 aliphatic rings. The second kappa shape index (κ2) is 7.59. The van der Waals surface area contributed by atoms with Crippen LogP contribution in [0.15, 0.2) is 30.3 Å². The molecule has 3 rings (SSSR count). The second-order valence-corrected chi connectivity index (χ2v) is 8.48. The van der Waals surface area contributed by atoms with Gasteiger partial charge in [-0.15, -0.1) is 0 Å². The molecule has 1 aromatic carbocycles. The minimum absolute atomic E-state index is 0.122. The van der Waals surface area contributed by atoms with E-state index in [1.807, 2.05) is 41.9 Å². The van der Waals surface area contributed by atoms with Crippen molar-refractivity contribution in [3.63, 3.8) is 0 Å². The molecule has 1 aliphatic heterocycles. The molecular weight excluding hydrogens is 352 g/mol. The molecule has 7 nitrogen and oxygen atoms in total. The summed E-state index contributed by atoms with van der Waals surface area (Å²) in [5.74, 6) is -0.122. The molecular formula is C18H24N4O3S. The predicted octanol–water partition coefficient (Wildman–Crippen LogP) is 1.54. The van der Waals surface area contributed by atoms with E-state index in [1.165, 1.54) is 10.6 Å². The summed E-state index contributed by atoms with van der Waals surface area (Å²) in [4.78, 5) is 12.4. The highest BCUT2D eigenvalue weighted by Crippen LogP contribution is 2.16. The number of carbonyl (C=O) groups is 1. The Kier molecular flexibility index (Phi) is 5.43. The van der Waals surface area contributed by atoms with Gasteiger partial charge in [0, 0.05) is 18.7 Å². The first-order valence-corrected chi connectivity index (χ1v) is 10.6. The number of rotatable bonds is 5. The summed E-state index contributed by atoms with van der Waals surface area (Å²) in [6, 6.07) is 9.42.